The number of ether oxygens (including phenoxy) is 2. The number of hydrogen-bond donors (Lipinski definition) is 1. The molecule has 3 rings (SSSR count). The molecule has 6 nitrogen and oxygen atoms in total. The second-order valence-electron chi connectivity index (χ2n) is 7.42. The van der Waals surface area contributed by atoms with Gasteiger partial charge in [0, 0.05) is 24.7 Å². The second kappa shape index (κ2) is 9.45. The fourth-order valence-electron chi connectivity index (χ4n) is 3.50. The van der Waals surface area contributed by atoms with Gasteiger partial charge in [0.25, 0.3) is 11.8 Å². The summed E-state index contributed by atoms with van der Waals surface area (Å²) in [6.45, 7) is 5.25. The van der Waals surface area contributed by atoms with Crippen molar-refractivity contribution in [1.82, 2.24) is 10.2 Å². The molecule has 0 saturated carbocycles. The summed E-state index contributed by atoms with van der Waals surface area (Å²) in [7, 11) is 1.58. The maximum atomic E-state index is 12.5. The van der Waals surface area contributed by atoms with E-state index in [1.165, 1.54) is 5.56 Å². The molecular weight excluding hydrogens is 368 g/mol. The lowest BCUT2D eigenvalue weighted by Gasteiger charge is -2.32. The van der Waals surface area contributed by atoms with Gasteiger partial charge in [0.05, 0.1) is 7.11 Å². The number of nitrogens with zero attached hydrogens (tertiary/aromatic N) is 1. The molecule has 6 heteroatoms. The van der Waals surface area contributed by atoms with Gasteiger partial charge in [-0.25, -0.2) is 0 Å². The van der Waals surface area contributed by atoms with E-state index < -0.39 is 0 Å². The first kappa shape index (κ1) is 20.7. The highest BCUT2D eigenvalue weighted by Crippen LogP contribution is 2.19. The molecule has 29 heavy (non-hydrogen) atoms. The fraction of sp³-hybridized carbons (Fsp3) is 0.391. The highest BCUT2D eigenvalue weighted by atomic mass is 16.5. The Kier molecular flexibility index (Phi) is 6.75. The van der Waals surface area contributed by atoms with E-state index in [0.29, 0.717) is 24.4 Å². The third-order valence-electron chi connectivity index (χ3n) is 5.20. The lowest BCUT2D eigenvalue weighted by molar-refractivity contribution is -0.134. The zero-order valence-electron chi connectivity index (χ0n) is 17.2. The van der Waals surface area contributed by atoms with E-state index in [-0.39, 0.29) is 24.5 Å². The largest absolute Gasteiger partial charge is 0.497 e. The summed E-state index contributed by atoms with van der Waals surface area (Å²) in [5.74, 6) is 1.25. The standard InChI is InChI=1S/C23H28N2O4/c1-16-7-8-21(17(2)13-16)29-15-22(26)25-11-9-19(10-12-25)24-23(27)18-5-4-6-20(14-18)28-3/h4-8,13-14,19H,9-12,15H2,1-3H3,(H,24,27). The molecule has 1 saturated heterocycles. The van der Waals surface area contributed by atoms with Crippen LogP contribution in [0.5, 0.6) is 11.5 Å². The molecule has 2 aromatic carbocycles. The lowest BCUT2D eigenvalue weighted by atomic mass is 10.0. The van der Waals surface area contributed by atoms with Crippen molar-refractivity contribution in [3.05, 3.63) is 59.2 Å². The molecule has 1 aliphatic rings. The van der Waals surface area contributed by atoms with Gasteiger partial charge in [0.1, 0.15) is 11.5 Å². The van der Waals surface area contributed by atoms with Crippen molar-refractivity contribution in [2.75, 3.05) is 26.8 Å². The van der Waals surface area contributed by atoms with Crippen LogP contribution >= 0.6 is 0 Å². The van der Waals surface area contributed by atoms with Crippen LogP contribution in [-0.4, -0.2) is 49.6 Å². The number of methoxy groups -OCH3 is 1. The number of piperidine rings is 1. The van der Waals surface area contributed by atoms with Crippen LogP contribution in [0.25, 0.3) is 0 Å². The van der Waals surface area contributed by atoms with E-state index in [9.17, 15) is 9.59 Å². The van der Waals surface area contributed by atoms with E-state index in [1.54, 1.807) is 36.3 Å². The van der Waals surface area contributed by atoms with Crippen LogP contribution in [0, 0.1) is 13.8 Å². The Morgan fingerprint density at radius 1 is 1.10 bits per heavy atom. The molecule has 1 N–H and O–H groups in total. The summed E-state index contributed by atoms with van der Waals surface area (Å²) in [6, 6.07) is 13.1. The number of likely N-dealkylation sites (tertiary alicyclic amines) is 1. The van der Waals surface area contributed by atoms with Crippen molar-refractivity contribution in [1.29, 1.82) is 0 Å². The van der Waals surface area contributed by atoms with Crippen molar-refractivity contribution in [2.45, 2.75) is 32.7 Å². The Hall–Kier alpha value is -3.02. The molecule has 154 valence electrons. The van der Waals surface area contributed by atoms with Crippen LogP contribution < -0.4 is 14.8 Å². The van der Waals surface area contributed by atoms with Gasteiger partial charge in [-0.15, -0.1) is 0 Å². The number of amides is 2. The van der Waals surface area contributed by atoms with Crippen molar-refractivity contribution >= 4 is 11.8 Å². The third-order valence-corrected chi connectivity index (χ3v) is 5.20. The minimum atomic E-state index is -0.119. The lowest BCUT2D eigenvalue weighted by Crippen LogP contribution is -2.47. The minimum absolute atomic E-state index is 0.0254. The Morgan fingerprint density at radius 3 is 2.55 bits per heavy atom. The molecule has 0 unspecified atom stereocenters. The fourth-order valence-corrected chi connectivity index (χ4v) is 3.50. The van der Waals surface area contributed by atoms with Gasteiger partial charge in [-0.1, -0.05) is 23.8 Å². The molecule has 0 spiro atoms. The number of carbonyl (C=O) groups is 2. The van der Waals surface area contributed by atoms with Crippen molar-refractivity contribution < 1.29 is 19.1 Å². The number of aryl methyl sites for hydroxylation is 2. The normalized spacial score (nSPS) is 14.4. The van der Waals surface area contributed by atoms with Crippen LogP contribution in [0.2, 0.25) is 0 Å². The second-order valence-corrected chi connectivity index (χ2v) is 7.42. The first-order valence-corrected chi connectivity index (χ1v) is 9.89. The van der Waals surface area contributed by atoms with Gasteiger partial charge in [-0.05, 0) is 56.5 Å². The summed E-state index contributed by atoms with van der Waals surface area (Å²) in [6.07, 6.45) is 1.45. The first-order chi connectivity index (χ1) is 14.0. The van der Waals surface area contributed by atoms with E-state index in [0.717, 1.165) is 24.2 Å². The molecule has 0 radical (unpaired) electrons. The number of carbonyl (C=O) groups excluding carboxylic acids is 2. The number of rotatable bonds is 6. The highest BCUT2D eigenvalue weighted by molar-refractivity contribution is 5.94. The Morgan fingerprint density at radius 2 is 1.86 bits per heavy atom. The zero-order chi connectivity index (χ0) is 20.8. The van der Waals surface area contributed by atoms with Gasteiger partial charge < -0.3 is 19.7 Å². The van der Waals surface area contributed by atoms with Crippen molar-refractivity contribution in [2.24, 2.45) is 0 Å². The summed E-state index contributed by atoms with van der Waals surface area (Å²) in [4.78, 5) is 26.7. The average Bonchev–Trinajstić information content (AvgIpc) is 2.73. The van der Waals surface area contributed by atoms with Crippen LogP contribution in [-0.2, 0) is 4.79 Å². The maximum Gasteiger partial charge on any atom is 0.260 e. The summed E-state index contributed by atoms with van der Waals surface area (Å²) < 4.78 is 10.9. The predicted octanol–water partition coefficient (Wildman–Crippen LogP) is 3.11. The molecule has 0 bridgehead atoms. The smallest absolute Gasteiger partial charge is 0.260 e. The van der Waals surface area contributed by atoms with E-state index in [1.807, 2.05) is 32.0 Å². The zero-order valence-corrected chi connectivity index (χ0v) is 17.2. The molecule has 2 aromatic rings. The van der Waals surface area contributed by atoms with Crippen LogP contribution in [0.3, 0.4) is 0 Å². The Bertz CT molecular complexity index is 873. The number of benzene rings is 2. The third kappa shape index (κ3) is 5.50. The quantitative estimate of drug-likeness (QED) is 0.815. The Balaban J connectivity index is 1.45. The molecule has 0 aliphatic carbocycles. The molecule has 1 fully saturated rings. The summed E-state index contributed by atoms with van der Waals surface area (Å²) in [5.41, 5.74) is 2.76. The number of nitrogens with one attached hydrogen (secondary N) is 1. The van der Waals surface area contributed by atoms with Crippen molar-refractivity contribution in [3.63, 3.8) is 0 Å². The van der Waals surface area contributed by atoms with Gasteiger partial charge >= 0.3 is 0 Å². The van der Waals surface area contributed by atoms with E-state index in [4.69, 9.17) is 9.47 Å². The van der Waals surface area contributed by atoms with E-state index in [2.05, 4.69) is 5.32 Å². The average molecular weight is 396 g/mol. The van der Waals surface area contributed by atoms with Crippen LogP contribution in [0.1, 0.15) is 34.3 Å². The summed E-state index contributed by atoms with van der Waals surface area (Å²) in [5, 5.41) is 3.05. The highest BCUT2D eigenvalue weighted by Gasteiger charge is 2.24. The minimum Gasteiger partial charge on any atom is -0.497 e. The van der Waals surface area contributed by atoms with Gasteiger partial charge in [-0.2, -0.15) is 0 Å². The Labute approximate surface area is 171 Å². The SMILES string of the molecule is COc1cccc(C(=O)NC2CCN(C(=O)COc3ccc(C)cc3C)CC2)c1. The van der Waals surface area contributed by atoms with Gasteiger partial charge in [0.15, 0.2) is 6.61 Å². The molecule has 0 aromatic heterocycles. The molecule has 2 amide bonds. The predicted molar refractivity (Wildman–Crippen MR) is 111 cm³/mol. The van der Waals surface area contributed by atoms with Crippen molar-refractivity contribution in [3.8, 4) is 11.5 Å². The van der Waals surface area contributed by atoms with Crippen LogP contribution in [0.15, 0.2) is 42.5 Å². The summed E-state index contributed by atoms with van der Waals surface area (Å²) >= 11 is 0. The first-order valence-electron chi connectivity index (χ1n) is 9.89. The topological polar surface area (TPSA) is 67.9 Å². The maximum absolute atomic E-state index is 12.5. The van der Waals surface area contributed by atoms with Gasteiger partial charge in [0.2, 0.25) is 0 Å². The van der Waals surface area contributed by atoms with Crippen LogP contribution in [0.4, 0.5) is 0 Å². The molecule has 1 heterocycles. The van der Waals surface area contributed by atoms with E-state index >= 15 is 0 Å². The number of hydrogen-bond acceptors (Lipinski definition) is 4. The monoisotopic (exact) mass is 396 g/mol. The molecular formula is C23H28N2O4. The van der Waals surface area contributed by atoms with Gasteiger partial charge in [-0.3, -0.25) is 9.59 Å². The molecule has 1 aliphatic heterocycles. The molecule has 0 atom stereocenters.